The molecule has 0 saturated heterocycles. The largest absolute Gasteiger partial charge is 0.310 e. The van der Waals surface area contributed by atoms with Gasteiger partial charge in [-0.1, -0.05) is 212 Å². The SMILES string of the molecule is c1ccc(-c2c(-c3ccccc3)c3cc(N(c4ccc(-c5cccc6c5ccc5ccccc56)cc4)c4cccc(-c5cccc6ccccc56)c4)ccc3c3ccccc23)cc1. The molecule has 0 atom stereocenters. The van der Waals surface area contributed by atoms with Crippen molar-refractivity contribution >= 4 is 70.9 Å². The maximum atomic E-state index is 2.43. The van der Waals surface area contributed by atoms with E-state index in [-0.39, 0.29) is 0 Å². The van der Waals surface area contributed by atoms with Gasteiger partial charge in [0.1, 0.15) is 0 Å². The Morgan fingerprint density at radius 3 is 1.41 bits per heavy atom. The normalized spacial score (nSPS) is 11.5. The van der Waals surface area contributed by atoms with Crippen molar-refractivity contribution in [2.75, 3.05) is 4.90 Å². The molecule has 12 aromatic carbocycles. The van der Waals surface area contributed by atoms with E-state index in [1.165, 1.54) is 98.4 Å². The summed E-state index contributed by atoms with van der Waals surface area (Å²) in [4.78, 5) is 2.43. The zero-order valence-corrected chi connectivity index (χ0v) is 34.6. The van der Waals surface area contributed by atoms with E-state index in [4.69, 9.17) is 0 Å². The Morgan fingerprint density at radius 1 is 0.206 bits per heavy atom. The van der Waals surface area contributed by atoms with Gasteiger partial charge in [-0.3, -0.25) is 0 Å². The summed E-state index contributed by atoms with van der Waals surface area (Å²) >= 11 is 0. The van der Waals surface area contributed by atoms with Crippen LogP contribution in [0, 0.1) is 0 Å². The smallest absolute Gasteiger partial charge is 0.0468 e. The Labute approximate surface area is 367 Å². The van der Waals surface area contributed by atoms with E-state index in [0.717, 1.165) is 17.1 Å². The fraction of sp³-hybridized carbons (Fsp3) is 0. The predicted octanol–water partition coefficient (Wildman–Crippen LogP) is 17.6. The fourth-order valence-electron chi connectivity index (χ4n) is 9.95. The van der Waals surface area contributed by atoms with E-state index in [1.807, 2.05) is 0 Å². The second kappa shape index (κ2) is 15.3. The van der Waals surface area contributed by atoms with Crippen LogP contribution in [0.3, 0.4) is 0 Å². The second-order valence-electron chi connectivity index (χ2n) is 16.4. The highest BCUT2D eigenvalue weighted by Crippen LogP contribution is 2.47. The summed E-state index contributed by atoms with van der Waals surface area (Å²) in [6.07, 6.45) is 0. The number of fused-ring (bicyclic) bond motifs is 7. The number of nitrogens with zero attached hydrogens (tertiary/aromatic N) is 1. The summed E-state index contributed by atoms with van der Waals surface area (Å²) < 4.78 is 0. The number of anilines is 3. The molecule has 0 saturated carbocycles. The van der Waals surface area contributed by atoms with Crippen molar-refractivity contribution in [2.45, 2.75) is 0 Å². The number of hydrogen-bond donors (Lipinski definition) is 0. The Hall–Kier alpha value is -8.26. The number of benzene rings is 12. The standard InChI is InChI=1S/C62H41N/c1-3-18-45(19-4-1)61-59-28-12-11-27-56(59)58-39-37-50(41-60(58)62(61)46-20-5-2-6-21-46)63(49-24-13-23-47(40-49)54-29-14-22-42-16-7-9-25-51(42)54)48-35-32-44(33-36-48)53-30-15-31-55-52-26-10-8-17-43(52)34-38-57(53)55/h1-41H. The van der Waals surface area contributed by atoms with Gasteiger partial charge in [-0.2, -0.15) is 0 Å². The van der Waals surface area contributed by atoms with Gasteiger partial charge in [-0.05, 0) is 135 Å². The Kier molecular flexibility index (Phi) is 8.90. The minimum Gasteiger partial charge on any atom is -0.310 e. The van der Waals surface area contributed by atoms with E-state index < -0.39 is 0 Å². The van der Waals surface area contributed by atoms with Gasteiger partial charge in [-0.25, -0.2) is 0 Å². The van der Waals surface area contributed by atoms with Crippen molar-refractivity contribution in [2.24, 2.45) is 0 Å². The Balaban J connectivity index is 1.09. The third kappa shape index (κ3) is 6.33. The van der Waals surface area contributed by atoms with Crippen molar-refractivity contribution in [3.63, 3.8) is 0 Å². The summed E-state index contributed by atoms with van der Waals surface area (Å²) in [7, 11) is 0. The van der Waals surface area contributed by atoms with Gasteiger partial charge in [-0.15, -0.1) is 0 Å². The topological polar surface area (TPSA) is 3.24 Å². The highest BCUT2D eigenvalue weighted by molar-refractivity contribution is 6.22. The second-order valence-corrected chi connectivity index (χ2v) is 16.4. The van der Waals surface area contributed by atoms with Crippen molar-refractivity contribution in [1.82, 2.24) is 0 Å². The molecule has 0 amide bonds. The maximum absolute atomic E-state index is 2.43. The first-order valence-corrected chi connectivity index (χ1v) is 21.8. The van der Waals surface area contributed by atoms with Gasteiger partial charge in [0, 0.05) is 17.1 Å². The van der Waals surface area contributed by atoms with Gasteiger partial charge < -0.3 is 4.90 Å². The molecule has 0 heterocycles. The van der Waals surface area contributed by atoms with E-state index in [1.54, 1.807) is 0 Å². The minimum atomic E-state index is 1.09. The van der Waals surface area contributed by atoms with Gasteiger partial charge in [0.15, 0.2) is 0 Å². The van der Waals surface area contributed by atoms with Crippen LogP contribution in [0.4, 0.5) is 17.1 Å². The van der Waals surface area contributed by atoms with Crippen LogP contribution in [-0.2, 0) is 0 Å². The molecule has 0 radical (unpaired) electrons. The van der Waals surface area contributed by atoms with Crippen LogP contribution in [0.2, 0.25) is 0 Å². The summed E-state index contributed by atoms with van der Waals surface area (Å²) in [5.41, 5.74) is 13.0. The third-order valence-corrected chi connectivity index (χ3v) is 12.8. The molecule has 12 aromatic rings. The average Bonchev–Trinajstić information content (AvgIpc) is 3.36. The molecule has 0 N–H and O–H groups in total. The quantitative estimate of drug-likeness (QED) is 0.145. The molecule has 0 aliphatic rings. The molecule has 1 heteroatoms. The summed E-state index contributed by atoms with van der Waals surface area (Å²) in [5, 5.41) is 12.5. The highest BCUT2D eigenvalue weighted by Gasteiger charge is 2.21. The van der Waals surface area contributed by atoms with Gasteiger partial charge in [0.25, 0.3) is 0 Å². The predicted molar refractivity (Wildman–Crippen MR) is 270 cm³/mol. The molecule has 12 rings (SSSR count). The molecule has 294 valence electrons. The lowest BCUT2D eigenvalue weighted by Crippen LogP contribution is -2.10. The molecule has 0 fully saturated rings. The molecular weight excluding hydrogens is 759 g/mol. The van der Waals surface area contributed by atoms with E-state index >= 15 is 0 Å². The number of rotatable bonds is 7. The van der Waals surface area contributed by atoms with Crippen LogP contribution in [0.15, 0.2) is 249 Å². The summed E-state index contributed by atoms with van der Waals surface area (Å²) in [5.74, 6) is 0. The monoisotopic (exact) mass is 799 g/mol. The molecule has 1 nitrogen and oxygen atoms in total. The van der Waals surface area contributed by atoms with Crippen molar-refractivity contribution < 1.29 is 0 Å². The van der Waals surface area contributed by atoms with E-state index in [2.05, 4.69) is 254 Å². The zero-order valence-electron chi connectivity index (χ0n) is 34.6. The van der Waals surface area contributed by atoms with Gasteiger partial charge in [0.05, 0.1) is 0 Å². The van der Waals surface area contributed by atoms with E-state index in [0.29, 0.717) is 0 Å². The third-order valence-electron chi connectivity index (χ3n) is 12.8. The minimum absolute atomic E-state index is 1.09. The lowest BCUT2D eigenvalue weighted by atomic mass is 9.85. The molecule has 0 bridgehead atoms. The van der Waals surface area contributed by atoms with Crippen molar-refractivity contribution in [1.29, 1.82) is 0 Å². The lowest BCUT2D eigenvalue weighted by molar-refractivity contribution is 1.29. The zero-order chi connectivity index (χ0) is 41.7. The van der Waals surface area contributed by atoms with Crippen LogP contribution in [0.5, 0.6) is 0 Å². The first kappa shape index (κ1) is 36.6. The van der Waals surface area contributed by atoms with Crippen LogP contribution >= 0.6 is 0 Å². The molecule has 0 aromatic heterocycles. The average molecular weight is 800 g/mol. The molecular formula is C62H41N. The van der Waals surface area contributed by atoms with E-state index in [9.17, 15) is 0 Å². The maximum Gasteiger partial charge on any atom is 0.0468 e. The van der Waals surface area contributed by atoms with Crippen LogP contribution < -0.4 is 4.90 Å². The summed E-state index contributed by atoms with van der Waals surface area (Å²) in [6.45, 7) is 0. The van der Waals surface area contributed by atoms with Crippen LogP contribution in [0.1, 0.15) is 0 Å². The highest BCUT2D eigenvalue weighted by atomic mass is 15.1. The summed E-state index contributed by atoms with van der Waals surface area (Å²) in [6, 6.07) is 91.1. The lowest BCUT2D eigenvalue weighted by Gasteiger charge is -2.28. The Morgan fingerprint density at radius 2 is 0.667 bits per heavy atom. The fourth-order valence-corrected chi connectivity index (χ4v) is 9.95. The number of hydrogen-bond acceptors (Lipinski definition) is 1. The first-order chi connectivity index (χ1) is 31.3. The molecule has 0 aliphatic heterocycles. The van der Waals surface area contributed by atoms with Crippen LogP contribution in [0.25, 0.3) is 98.4 Å². The Bertz CT molecular complexity index is 3660. The van der Waals surface area contributed by atoms with Gasteiger partial charge in [0.2, 0.25) is 0 Å². The first-order valence-electron chi connectivity index (χ1n) is 21.8. The molecule has 63 heavy (non-hydrogen) atoms. The van der Waals surface area contributed by atoms with Crippen molar-refractivity contribution in [3.8, 4) is 44.5 Å². The van der Waals surface area contributed by atoms with Gasteiger partial charge >= 0.3 is 0 Å². The molecule has 0 unspecified atom stereocenters. The van der Waals surface area contributed by atoms with Crippen LogP contribution in [-0.4, -0.2) is 0 Å². The molecule has 0 spiro atoms. The molecule has 0 aliphatic carbocycles. The van der Waals surface area contributed by atoms with Crippen molar-refractivity contribution in [3.05, 3.63) is 249 Å².